The highest BCUT2D eigenvalue weighted by Crippen LogP contribution is 2.31. The van der Waals surface area contributed by atoms with Gasteiger partial charge in [0.05, 0.1) is 5.69 Å². The molecule has 2 heterocycles. The maximum Gasteiger partial charge on any atom is 0.451 e. The highest BCUT2D eigenvalue weighted by Gasteiger charge is 2.35. The smallest absolute Gasteiger partial charge is 0.384 e. The number of fused-ring (bicyclic) bond motifs is 1. The van der Waals surface area contributed by atoms with Crippen LogP contribution in [-0.4, -0.2) is 15.0 Å². The molecule has 106 valence electrons. The highest BCUT2D eigenvalue weighted by atomic mass is 19.4. The zero-order valence-corrected chi connectivity index (χ0v) is 10.6. The molecule has 0 aliphatic rings. The number of alkyl halides is 3. The largest absolute Gasteiger partial charge is 0.451 e. The first-order valence-corrected chi connectivity index (χ1v) is 6.00. The summed E-state index contributed by atoms with van der Waals surface area (Å²) >= 11 is 0. The molecule has 2 N–H and O–H groups in total. The molecular weight excluding hydrogens is 281 g/mol. The average Bonchev–Trinajstić information content (AvgIpc) is 2.45. The van der Waals surface area contributed by atoms with Gasteiger partial charge < -0.3 is 5.73 Å². The first-order chi connectivity index (χ1) is 9.95. The summed E-state index contributed by atoms with van der Waals surface area (Å²) in [5.41, 5.74) is 6.12. The normalized spacial score (nSPS) is 11.8. The van der Waals surface area contributed by atoms with Crippen LogP contribution in [0.25, 0.3) is 22.0 Å². The van der Waals surface area contributed by atoms with Crippen LogP contribution in [-0.2, 0) is 6.18 Å². The summed E-state index contributed by atoms with van der Waals surface area (Å²) in [4.78, 5) is 10.8. The maximum absolute atomic E-state index is 12.8. The number of anilines is 1. The van der Waals surface area contributed by atoms with Gasteiger partial charge in [-0.05, 0) is 11.5 Å². The Labute approximate surface area is 117 Å². The van der Waals surface area contributed by atoms with Crippen molar-refractivity contribution in [3.8, 4) is 11.3 Å². The molecule has 2 aromatic heterocycles. The van der Waals surface area contributed by atoms with E-state index in [-0.39, 0.29) is 11.5 Å². The van der Waals surface area contributed by atoms with Gasteiger partial charge in [0, 0.05) is 29.4 Å². The summed E-state index contributed by atoms with van der Waals surface area (Å²) in [5, 5.41) is 1.56. The van der Waals surface area contributed by atoms with Crippen LogP contribution in [0.1, 0.15) is 5.82 Å². The Bertz CT molecular complexity index is 809. The lowest BCUT2D eigenvalue weighted by molar-refractivity contribution is -0.144. The third kappa shape index (κ3) is 2.49. The minimum atomic E-state index is -4.65. The van der Waals surface area contributed by atoms with Gasteiger partial charge in [0.1, 0.15) is 5.82 Å². The molecule has 0 bridgehead atoms. The van der Waals surface area contributed by atoms with E-state index in [0.717, 1.165) is 5.39 Å². The monoisotopic (exact) mass is 290 g/mol. The van der Waals surface area contributed by atoms with Crippen molar-refractivity contribution in [1.82, 2.24) is 15.0 Å². The van der Waals surface area contributed by atoms with Crippen molar-refractivity contribution in [1.29, 1.82) is 0 Å². The number of nitrogens with two attached hydrogens (primary N) is 1. The summed E-state index contributed by atoms with van der Waals surface area (Å²) in [7, 11) is 0. The Hall–Kier alpha value is -2.70. The lowest BCUT2D eigenvalue weighted by Gasteiger charge is -2.10. The van der Waals surface area contributed by atoms with Gasteiger partial charge >= 0.3 is 6.18 Å². The Morgan fingerprint density at radius 2 is 1.86 bits per heavy atom. The van der Waals surface area contributed by atoms with Crippen LogP contribution in [0.4, 0.5) is 19.0 Å². The van der Waals surface area contributed by atoms with E-state index in [9.17, 15) is 13.2 Å². The molecule has 0 amide bonds. The summed E-state index contributed by atoms with van der Waals surface area (Å²) in [5.74, 6) is -1.48. The number of rotatable bonds is 1. The third-order valence-corrected chi connectivity index (χ3v) is 2.96. The summed E-state index contributed by atoms with van der Waals surface area (Å²) < 4.78 is 38.4. The number of hydrogen-bond acceptors (Lipinski definition) is 4. The van der Waals surface area contributed by atoms with Crippen molar-refractivity contribution in [2.45, 2.75) is 6.18 Å². The van der Waals surface area contributed by atoms with E-state index in [1.54, 1.807) is 30.6 Å². The second kappa shape index (κ2) is 4.69. The fourth-order valence-electron chi connectivity index (χ4n) is 2.07. The molecule has 0 radical (unpaired) electrons. The van der Waals surface area contributed by atoms with Gasteiger partial charge in [0.2, 0.25) is 5.82 Å². The SMILES string of the molecule is Nc1cc(-c2cccc3ccncc23)nc(C(F)(F)F)n1. The van der Waals surface area contributed by atoms with Crippen molar-refractivity contribution in [3.63, 3.8) is 0 Å². The van der Waals surface area contributed by atoms with E-state index < -0.39 is 12.0 Å². The number of halogens is 3. The van der Waals surface area contributed by atoms with Crippen LogP contribution in [0, 0.1) is 0 Å². The molecule has 0 unspecified atom stereocenters. The fraction of sp³-hybridized carbons (Fsp3) is 0.0714. The van der Waals surface area contributed by atoms with Crippen molar-refractivity contribution in [3.05, 3.63) is 48.5 Å². The van der Waals surface area contributed by atoms with Gasteiger partial charge in [-0.2, -0.15) is 13.2 Å². The number of benzene rings is 1. The van der Waals surface area contributed by atoms with Gasteiger partial charge in [0.25, 0.3) is 0 Å². The summed E-state index contributed by atoms with van der Waals surface area (Å²) in [6.07, 6.45) is -1.45. The van der Waals surface area contributed by atoms with Crippen molar-refractivity contribution >= 4 is 16.6 Å². The van der Waals surface area contributed by atoms with Crippen LogP contribution in [0.15, 0.2) is 42.7 Å². The minimum Gasteiger partial charge on any atom is -0.384 e. The molecule has 0 fully saturated rings. The maximum atomic E-state index is 12.8. The fourth-order valence-corrected chi connectivity index (χ4v) is 2.07. The van der Waals surface area contributed by atoms with Crippen molar-refractivity contribution < 1.29 is 13.2 Å². The lowest BCUT2D eigenvalue weighted by Crippen LogP contribution is -2.13. The Kier molecular flexibility index (Phi) is 2.97. The molecule has 0 saturated carbocycles. The van der Waals surface area contributed by atoms with Gasteiger partial charge in [-0.25, -0.2) is 9.97 Å². The Morgan fingerprint density at radius 3 is 2.62 bits per heavy atom. The van der Waals surface area contributed by atoms with Gasteiger partial charge in [0.15, 0.2) is 0 Å². The quantitative estimate of drug-likeness (QED) is 0.747. The second-order valence-corrected chi connectivity index (χ2v) is 4.40. The van der Waals surface area contributed by atoms with E-state index in [2.05, 4.69) is 15.0 Å². The summed E-state index contributed by atoms with van der Waals surface area (Å²) in [6.45, 7) is 0. The lowest BCUT2D eigenvalue weighted by atomic mass is 10.0. The molecule has 1 aromatic carbocycles. The average molecular weight is 290 g/mol. The predicted molar refractivity (Wildman–Crippen MR) is 72.2 cm³/mol. The van der Waals surface area contributed by atoms with Crippen LogP contribution in [0.2, 0.25) is 0 Å². The molecule has 0 spiro atoms. The predicted octanol–water partition coefficient (Wildman–Crippen LogP) is 3.29. The zero-order valence-electron chi connectivity index (χ0n) is 10.6. The van der Waals surface area contributed by atoms with Crippen molar-refractivity contribution in [2.75, 3.05) is 5.73 Å². The number of aromatic nitrogens is 3. The van der Waals surface area contributed by atoms with E-state index in [4.69, 9.17) is 5.73 Å². The van der Waals surface area contributed by atoms with E-state index in [0.29, 0.717) is 10.9 Å². The number of pyridine rings is 1. The number of nitrogen functional groups attached to an aromatic ring is 1. The first-order valence-electron chi connectivity index (χ1n) is 6.00. The molecule has 3 aromatic rings. The molecule has 0 saturated heterocycles. The van der Waals surface area contributed by atoms with E-state index in [1.807, 2.05) is 6.07 Å². The van der Waals surface area contributed by atoms with E-state index >= 15 is 0 Å². The Morgan fingerprint density at radius 1 is 1.05 bits per heavy atom. The number of hydrogen-bond donors (Lipinski definition) is 1. The standard InChI is InChI=1S/C14H9F3N4/c15-14(16,17)13-20-11(6-12(18)21-13)9-3-1-2-8-4-5-19-7-10(8)9/h1-7H,(H2,18,20,21). The second-order valence-electron chi connectivity index (χ2n) is 4.40. The molecule has 0 aliphatic heterocycles. The van der Waals surface area contributed by atoms with Crippen molar-refractivity contribution in [2.24, 2.45) is 0 Å². The molecule has 3 rings (SSSR count). The molecule has 21 heavy (non-hydrogen) atoms. The van der Waals surface area contributed by atoms with Crippen LogP contribution in [0.3, 0.4) is 0 Å². The van der Waals surface area contributed by atoms with E-state index in [1.165, 1.54) is 6.07 Å². The van der Waals surface area contributed by atoms with Crippen LogP contribution in [0.5, 0.6) is 0 Å². The molecule has 7 heteroatoms. The number of nitrogens with zero attached hydrogens (tertiary/aromatic N) is 3. The topological polar surface area (TPSA) is 64.7 Å². The zero-order chi connectivity index (χ0) is 15.0. The summed E-state index contributed by atoms with van der Waals surface area (Å²) in [6, 6.07) is 8.34. The first kappa shape index (κ1) is 13.3. The minimum absolute atomic E-state index is 0.119. The van der Waals surface area contributed by atoms with Gasteiger partial charge in [-0.15, -0.1) is 0 Å². The third-order valence-electron chi connectivity index (χ3n) is 2.96. The molecule has 0 atom stereocenters. The van der Waals surface area contributed by atoms with Gasteiger partial charge in [-0.1, -0.05) is 18.2 Å². The molecule has 0 aliphatic carbocycles. The Balaban J connectivity index is 2.26. The van der Waals surface area contributed by atoms with Crippen LogP contribution < -0.4 is 5.73 Å². The highest BCUT2D eigenvalue weighted by molar-refractivity contribution is 5.95. The molecule has 4 nitrogen and oxygen atoms in total. The van der Waals surface area contributed by atoms with Crippen LogP contribution >= 0.6 is 0 Å². The molecular formula is C14H9F3N4. The van der Waals surface area contributed by atoms with Gasteiger partial charge in [-0.3, -0.25) is 4.98 Å².